The minimum Gasteiger partial charge on any atom is -0.493 e. The van der Waals surface area contributed by atoms with Crippen molar-refractivity contribution in [2.24, 2.45) is 5.73 Å². The second-order valence-corrected chi connectivity index (χ2v) is 9.44. The Morgan fingerprint density at radius 3 is 1.93 bits per heavy atom. The number of carbonyl (C=O) groups excluding carboxylic acids is 2. The van der Waals surface area contributed by atoms with Crippen LogP contribution in [-0.4, -0.2) is 59.2 Å². The van der Waals surface area contributed by atoms with Crippen molar-refractivity contribution in [3.05, 3.63) is 72.6 Å². The number of nitrogens with zero attached hydrogens (tertiary/aromatic N) is 1. The number of benzene rings is 2. The predicted molar refractivity (Wildman–Crippen MR) is 148 cm³/mol. The maximum absolute atomic E-state index is 13.7. The summed E-state index contributed by atoms with van der Waals surface area (Å²) in [5.41, 5.74) is 7.02. The third-order valence-corrected chi connectivity index (χ3v) is 7.51. The molecule has 2 N–H and O–H groups in total. The molecule has 2 aromatic carbocycles. The van der Waals surface area contributed by atoms with Crippen molar-refractivity contribution >= 4 is 40.7 Å². The largest absolute Gasteiger partial charge is 0.493 e. The fraction of sp³-hybridized carbons (Fsp3) is 0.250. The van der Waals surface area contributed by atoms with Crippen molar-refractivity contribution in [3.63, 3.8) is 0 Å². The third kappa shape index (κ3) is 4.77. The first-order valence-electron chi connectivity index (χ1n) is 11.8. The third-order valence-electron chi connectivity index (χ3n) is 6.41. The van der Waals surface area contributed by atoms with Crippen LogP contribution >= 0.6 is 11.3 Å². The zero-order chi connectivity index (χ0) is 29.1. The summed E-state index contributed by atoms with van der Waals surface area (Å²) in [6.45, 7) is 0. The van der Waals surface area contributed by atoms with Crippen molar-refractivity contribution in [1.82, 2.24) is 4.57 Å². The molecule has 0 radical (unpaired) electrons. The molecule has 0 bridgehead atoms. The summed E-state index contributed by atoms with van der Waals surface area (Å²) in [5, 5.41) is 0. The summed E-state index contributed by atoms with van der Waals surface area (Å²) >= 11 is 1.04. The molecule has 1 aromatic heterocycles. The van der Waals surface area contributed by atoms with Crippen molar-refractivity contribution in [2.75, 3.05) is 42.7 Å². The zero-order valence-corrected chi connectivity index (χ0v) is 23.5. The molecule has 11 nitrogen and oxygen atoms in total. The molecule has 0 spiro atoms. The van der Waals surface area contributed by atoms with Crippen LogP contribution in [0, 0.1) is 0 Å². The lowest BCUT2D eigenvalue weighted by molar-refractivity contribution is -0.136. The van der Waals surface area contributed by atoms with Gasteiger partial charge in [0.05, 0.1) is 64.3 Å². The highest BCUT2D eigenvalue weighted by atomic mass is 32.1. The zero-order valence-electron chi connectivity index (χ0n) is 22.7. The minimum atomic E-state index is -1.04. The molecule has 0 saturated carbocycles. The summed E-state index contributed by atoms with van der Waals surface area (Å²) in [6, 6.07) is 10.1. The summed E-state index contributed by atoms with van der Waals surface area (Å²) in [5.74, 6) is -0.957. The van der Waals surface area contributed by atoms with Gasteiger partial charge in [-0.15, -0.1) is 11.3 Å². The number of thiazole rings is 1. The van der Waals surface area contributed by atoms with Crippen molar-refractivity contribution in [3.8, 4) is 23.0 Å². The van der Waals surface area contributed by atoms with Crippen molar-refractivity contribution in [2.45, 2.75) is 5.92 Å². The molecule has 12 heteroatoms. The van der Waals surface area contributed by atoms with Crippen LogP contribution in [0.3, 0.4) is 0 Å². The quantitative estimate of drug-likeness (QED) is 0.395. The Morgan fingerprint density at radius 2 is 1.35 bits per heavy atom. The fourth-order valence-corrected chi connectivity index (χ4v) is 5.69. The van der Waals surface area contributed by atoms with E-state index in [1.54, 1.807) is 42.5 Å². The maximum Gasteiger partial charge on any atom is 0.338 e. The average Bonchev–Trinajstić information content (AvgIpc) is 3.30. The van der Waals surface area contributed by atoms with Gasteiger partial charge in [0.25, 0.3) is 5.56 Å². The van der Waals surface area contributed by atoms with Gasteiger partial charge in [0.15, 0.2) is 23.0 Å². The topological polar surface area (TPSA) is 138 Å². The Kier molecular flexibility index (Phi) is 8.19. The molecule has 1 aliphatic heterocycles. The monoisotopic (exact) mass is 568 g/mol. The number of hydrogen-bond donors (Lipinski definition) is 1. The Balaban J connectivity index is 2.09. The van der Waals surface area contributed by atoms with Gasteiger partial charge in [-0.1, -0.05) is 12.1 Å². The van der Waals surface area contributed by atoms with Crippen LogP contribution in [0.1, 0.15) is 17.0 Å². The van der Waals surface area contributed by atoms with Crippen LogP contribution in [0.5, 0.6) is 23.0 Å². The van der Waals surface area contributed by atoms with Crippen molar-refractivity contribution in [1.29, 1.82) is 0 Å². The lowest BCUT2D eigenvalue weighted by Gasteiger charge is -2.27. The molecule has 4 rings (SSSR count). The number of methoxy groups -OCH3 is 6. The Morgan fingerprint density at radius 1 is 0.800 bits per heavy atom. The van der Waals surface area contributed by atoms with E-state index in [-0.39, 0.29) is 26.2 Å². The summed E-state index contributed by atoms with van der Waals surface area (Å²) in [4.78, 5) is 40.1. The Bertz CT molecular complexity index is 1700. The standard InChI is InChI=1S/C28H28N2O9S/c1-34-16-9-7-14(11-18(16)36-3)12-20-25(31)30-24(29)22(27(32)38-5)21(23(26(30)40-20)28(33)39-6)15-8-10-17(35-2)19(13-15)37-4/h7-13,21H,29H2,1-6H3. The van der Waals surface area contributed by atoms with E-state index in [4.69, 9.17) is 34.2 Å². The molecule has 0 amide bonds. The molecule has 0 saturated heterocycles. The van der Waals surface area contributed by atoms with Gasteiger partial charge < -0.3 is 34.2 Å². The lowest BCUT2D eigenvalue weighted by atomic mass is 9.83. The smallest absolute Gasteiger partial charge is 0.338 e. The van der Waals surface area contributed by atoms with E-state index < -0.39 is 23.4 Å². The molecular weight excluding hydrogens is 540 g/mol. The molecular formula is C28H28N2O9S. The normalized spacial score (nSPS) is 14.9. The van der Waals surface area contributed by atoms with Gasteiger partial charge in [-0.25, -0.2) is 9.59 Å². The molecule has 0 aliphatic carbocycles. The second-order valence-electron chi connectivity index (χ2n) is 8.41. The van der Waals surface area contributed by atoms with Crippen LogP contribution < -0.4 is 39.4 Å². The number of ether oxygens (including phenoxy) is 6. The number of aromatic nitrogens is 1. The molecule has 210 valence electrons. The highest BCUT2D eigenvalue weighted by Crippen LogP contribution is 2.40. The van der Waals surface area contributed by atoms with Crippen LogP contribution in [-0.2, 0) is 19.1 Å². The van der Waals surface area contributed by atoms with E-state index in [1.807, 2.05) is 0 Å². The van der Waals surface area contributed by atoms with Crippen LogP contribution in [0.2, 0.25) is 0 Å². The summed E-state index contributed by atoms with van der Waals surface area (Å²) in [7, 11) is 8.39. The van der Waals surface area contributed by atoms with Gasteiger partial charge in [-0.05, 0) is 41.5 Å². The van der Waals surface area contributed by atoms with Crippen LogP contribution in [0.25, 0.3) is 17.5 Å². The number of rotatable bonds is 8. The summed E-state index contributed by atoms with van der Waals surface area (Å²) in [6.07, 6.45) is 1.63. The predicted octanol–water partition coefficient (Wildman–Crippen LogP) is 1.19. The SMILES string of the molecule is COC(=O)C1=C(N)n2c(sc(=Cc3ccc(OC)c(OC)c3)c2=O)=C(C(=O)OC)C1c1ccc(OC)c(OC)c1. The lowest BCUT2D eigenvalue weighted by Crippen LogP contribution is -2.41. The number of carbonyl (C=O) groups is 2. The first kappa shape index (κ1) is 28.3. The van der Waals surface area contributed by atoms with E-state index >= 15 is 0 Å². The van der Waals surface area contributed by atoms with E-state index in [2.05, 4.69) is 0 Å². The van der Waals surface area contributed by atoms with Gasteiger partial charge in [0.1, 0.15) is 10.5 Å². The molecule has 2 heterocycles. The van der Waals surface area contributed by atoms with Crippen LogP contribution in [0.4, 0.5) is 0 Å². The molecule has 40 heavy (non-hydrogen) atoms. The Labute approximate surface area is 233 Å². The maximum atomic E-state index is 13.7. The first-order chi connectivity index (χ1) is 19.2. The van der Waals surface area contributed by atoms with E-state index in [0.717, 1.165) is 15.9 Å². The second kappa shape index (κ2) is 11.6. The highest BCUT2D eigenvalue weighted by molar-refractivity contribution is 7.07. The van der Waals surface area contributed by atoms with Gasteiger partial charge in [0, 0.05) is 0 Å². The van der Waals surface area contributed by atoms with Gasteiger partial charge >= 0.3 is 11.9 Å². The highest BCUT2D eigenvalue weighted by Gasteiger charge is 2.40. The van der Waals surface area contributed by atoms with Gasteiger partial charge in [-0.2, -0.15) is 0 Å². The number of hydrogen-bond acceptors (Lipinski definition) is 11. The van der Waals surface area contributed by atoms with E-state index in [0.29, 0.717) is 34.1 Å². The first-order valence-corrected chi connectivity index (χ1v) is 12.6. The average molecular weight is 569 g/mol. The molecule has 1 atom stereocenters. The summed E-state index contributed by atoms with van der Waals surface area (Å²) < 4.78 is 33.2. The molecule has 3 aromatic rings. The molecule has 0 fully saturated rings. The van der Waals surface area contributed by atoms with Gasteiger partial charge in [-0.3, -0.25) is 9.36 Å². The van der Waals surface area contributed by atoms with Crippen molar-refractivity contribution < 1.29 is 38.0 Å². The minimum absolute atomic E-state index is 0.0402. The van der Waals surface area contributed by atoms with E-state index in [1.165, 1.54) is 42.7 Å². The Hall–Kier alpha value is -4.71. The van der Waals surface area contributed by atoms with Gasteiger partial charge in [0.2, 0.25) is 0 Å². The van der Waals surface area contributed by atoms with Crippen LogP contribution in [0.15, 0.2) is 46.8 Å². The number of fused-ring (bicyclic) bond motifs is 1. The number of nitrogens with two attached hydrogens (primary N) is 1. The fourth-order valence-electron chi connectivity index (χ4n) is 4.52. The van der Waals surface area contributed by atoms with E-state index in [9.17, 15) is 14.4 Å². The molecule has 1 unspecified atom stereocenters. The number of esters is 2. The molecule has 1 aliphatic rings.